The lowest BCUT2D eigenvalue weighted by Crippen LogP contribution is -2.32. The van der Waals surface area contributed by atoms with Crippen molar-refractivity contribution in [1.82, 2.24) is 4.98 Å². The van der Waals surface area contributed by atoms with E-state index >= 15 is 0 Å². The van der Waals surface area contributed by atoms with Crippen molar-refractivity contribution < 1.29 is 28.2 Å². The summed E-state index contributed by atoms with van der Waals surface area (Å²) in [6.07, 6.45) is 0. The van der Waals surface area contributed by atoms with E-state index in [-0.39, 0.29) is 23.1 Å². The fourth-order valence-electron chi connectivity index (χ4n) is 5.88. The number of benzene rings is 4. The molecule has 9 nitrogen and oxygen atoms in total. The number of hydrogen-bond acceptors (Lipinski definition) is 8. The number of thioether (sulfide) groups is 1. The van der Waals surface area contributed by atoms with Gasteiger partial charge in [-0.15, -0.1) is 0 Å². The molecule has 2 aliphatic heterocycles. The zero-order valence-electron chi connectivity index (χ0n) is 23.6. The fraction of sp³-hybridized carbons (Fsp3) is 0.152. The molecule has 4 aromatic carbocycles. The van der Waals surface area contributed by atoms with Crippen LogP contribution >= 0.6 is 23.1 Å². The number of ether oxygens (including phenoxy) is 2. The Morgan fingerprint density at radius 2 is 1.73 bits per heavy atom. The Morgan fingerprint density at radius 3 is 2.53 bits per heavy atom. The molecule has 3 atom stereocenters. The van der Waals surface area contributed by atoms with E-state index in [1.165, 1.54) is 31.4 Å². The summed E-state index contributed by atoms with van der Waals surface area (Å²) in [5.41, 5.74) is 1.58. The lowest BCUT2D eigenvalue weighted by molar-refractivity contribution is -0.122. The first-order valence-electron chi connectivity index (χ1n) is 13.9. The number of aromatic amines is 1. The predicted molar refractivity (Wildman–Crippen MR) is 170 cm³/mol. The van der Waals surface area contributed by atoms with Crippen molar-refractivity contribution in [2.45, 2.75) is 16.2 Å². The van der Waals surface area contributed by atoms with Gasteiger partial charge in [0.15, 0.2) is 18.1 Å². The molecule has 226 valence electrons. The molecule has 7 rings (SSSR count). The summed E-state index contributed by atoms with van der Waals surface area (Å²) in [5.74, 6) is -2.57. The van der Waals surface area contributed by atoms with Gasteiger partial charge in [-0.1, -0.05) is 65.6 Å². The zero-order valence-corrected chi connectivity index (χ0v) is 25.2. The second-order valence-electron chi connectivity index (χ2n) is 10.5. The minimum Gasteiger partial charge on any atom is -0.493 e. The number of carbonyl (C=O) groups is 3. The number of hydrogen-bond donors (Lipinski definition) is 2. The van der Waals surface area contributed by atoms with Gasteiger partial charge < -0.3 is 19.8 Å². The summed E-state index contributed by atoms with van der Waals surface area (Å²) in [7, 11) is 1.46. The topological polar surface area (TPSA) is 118 Å². The molecule has 45 heavy (non-hydrogen) atoms. The number of methoxy groups -OCH3 is 1. The molecule has 3 heterocycles. The van der Waals surface area contributed by atoms with E-state index < -0.39 is 34.7 Å². The van der Waals surface area contributed by atoms with E-state index in [1.807, 2.05) is 42.5 Å². The van der Waals surface area contributed by atoms with Crippen molar-refractivity contribution in [1.29, 1.82) is 0 Å². The number of halogens is 1. The fourth-order valence-corrected chi connectivity index (χ4v) is 8.40. The van der Waals surface area contributed by atoms with Gasteiger partial charge in [-0.2, -0.15) is 0 Å². The SMILES string of the molecule is COc1cc([C@@H]2c3sc(=O)[nH]c3S[C@H]3C(=O)N(c4ccc(F)cc4)C(=O)[C@@H]23)ccc1OCC(=O)Nc1cccc2ccccc12. The second kappa shape index (κ2) is 11.5. The third-order valence-corrected chi connectivity index (χ3v) is 10.3. The summed E-state index contributed by atoms with van der Waals surface area (Å²) < 4.78 is 25.1. The van der Waals surface area contributed by atoms with Gasteiger partial charge in [-0.05, 0) is 53.4 Å². The Morgan fingerprint density at radius 1 is 0.956 bits per heavy atom. The number of nitrogens with zero attached hydrogens (tertiary/aromatic N) is 1. The summed E-state index contributed by atoms with van der Waals surface area (Å²) in [5, 5.41) is 4.52. The molecule has 1 fully saturated rings. The van der Waals surface area contributed by atoms with Crippen molar-refractivity contribution in [3.63, 3.8) is 0 Å². The quantitative estimate of drug-likeness (QED) is 0.224. The lowest BCUT2D eigenvalue weighted by atomic mass is 9.83. The van der Waals surface area contributed by atoms with Gasteiger partial charge in [0.05, 0.1) is 23.7 Å². The minimum absolute atomic E-state index is 0.278. The number of aromatic nitrogens is 1. The van der Waals surface area contributed by atoms with Crippen molar-refractivity contribution in [3.8, 4) is 11.5 Å². The summed E-state index contributed by atoms with van der Waals surface area (Å²) in [4.78, 5) is 56.9. The van der Waals surface area contributed by atoms with Crippen molar-refractivity contribution in [2.24, 2.45) is 5.92 Å². The van der Waals surface area contributed by atoms with Crippen LogP contribution in [0.2, 0.25) is 0 Å². The Bertz CT molecular complexity index is 2040. The van der Waals surface area contributed by atoms with Crippen LogP contribution in [0.5, 0.6) is 11.5 Å². The number of carbonyl (C=O) groups excluding carboxylic acids is 3. The van der Waals surface area contributed by atoms with Crippen LogP contribution in [0, 0.1) is 11.7 Å². The Balaban J connectivity index is 1.16. The summed E-state index contributed by atoms with van der Waals surface area (Å²) in [6, 6.07) is 23.6. The highest BCUT2D eigenvalue weighted by molar-refractivity contribution is 8.00. The van der Waals surface area contributed by atoms with Gasteiger partial charge >= 0.3 is 4.87 Å². The molecule has 2 aliphatic rings. The molecule has 0 radical (unpaired) electrons. The highest BCUT2D eigenvalue weighted by Gasteiger charge is 2.56. The molecular formula is C33H24FN3O6S2. The van der Waals surface area contributed by atoms with Crippen molar-refractivity contribution in [3.05, 3.63) is 111 Å². The Hall–Kier alpha value is -4.94. The number of rotatable bonds is 7. The number of anilines is 2. The molecular weight excluding hydrogens is 618 g/mol. The smallest absolute Gasteiger partial charge is 0.305 e. The number of fused-ring (bicyclic) bond motifs is 3. The maximum atomic E-state index is 13.9. The highest BCUT2D eigenvalue weighted by Crippen LogP contribution is 2.53. The van der Waals surface area contributed by atoms with Crippen LogP contribution in [-0.2, 0) is 14.4 Å². The standard InChI is InChI=1S/C33H24FN3O6S2/c1-42-24-15-18(9-14-23(24)43-16-25(38)35-22-8-4-6-17-5-2-3-7-21(17)22)26-27-29(44-30-28(26)45-33(41)36-30)32(40)37(31(27)39)20-12-10-19(34)11-13-20/h2-15,26-27,29H,16H2,1H3,(H,35,38)(H,36,41)/t26-,27-,29+/m0/s1. The van der Waals surface area contributed by atoms with Gasteiger partial charge in [0, 0.05) is 21.9 Å². The molecule has 0 aliphatic carbocycles. The molecule has 2 N–H and O–H groups in total. The molecule has 0 bridgehead atoms. The molecule has 3 amide bonds. The van der Waals surface area contributed by atoms with Crippen LogP contribution in [0.4, 0.5) is 15.8 Å². The summed E-state index contributed by atoms with van der Waals surface area (Å²) >= 11 is 2.14. The van der Waals surface area contributed by atoms with Gasteiger partial charge in [0.1, 0.15) is 11.1 Å². The third kappa shape index (κ3) is 5.15. The number of imide groups is 1. The van der Waals surface area contributed by atoms with Crippen LogP contribution in [0.25, 0.3) is 10.8 Å². The first-order valence-corrected chi connectivity index (χ1v) is 15.6. The average molecular weight is 642 g/mol. The van der Waals surface area contributed by atoms with Crippen LogP contribution in [0.3, 0.4) is 0 Å². The number of amides is 3. The van der Waals surface area contributed by atoms with Crippen LogP contribution < -0.4 is 24.6 Å². The normalized spacial score (nSPS) is 18.9. The number of thiazole rings is 1. The predicted octanol–water partition coefficient (Wildman–Crippen LogP) is 5.55. The monoisotopic (exact) mass is 641 g/mol. The molecule has 0 unspecified atom stereocenters. The zero-order chi connectivity index (χ0) is 31.2. The third-order valence-electron chi connectivity index (χ3n) is 7.88. The van der Waals surface area contributed by atoms with Gasteiger partial charge in [-0.3, -0.25) is 19.2 Å². The average Bonchev–Trinajstić information content (AvgIpc) is 3.54. The molecule has 1 saturated heterocycles. The molecule has 1 aromatic heterocycles. The highest BCUT2D eigenvalue weighted by atomic mass is 32.2. The summed E-state index contributed by atoms with van der Waals surface area (Å²) in [6.45, 7) is -0.285. The van der Waals surface area contributed by atoms with Crippen LogP contribution in [-0.4, -0.2) is 41.7 Å². The number of nitrogens with one attached hydrogen (secondary N) is 2. The van der Waals surface area contributed by atoms with E-state index in [9.17, 15) is 23.6 Å². The first-order chi connectivity index (χ1) is 21.8. The van der Waals surface area contributed by atoms with Crippen molar-refractivity contribution >= 4 is 63.0 Å². The van der Waals surface area contributed by atoms with E-state index in [0.717, 1.165) is 38.8 Å². The van der Waals surface area contributed by atoms with Crippen LogP contribution in [0.1, 0.15) is 16.4 Å². The Labute approximate surface area is 264 Å². The molecule has 5 aromatic rings. The maximum absolute atomic E-state index is 13.9. The Kier molecular flexibility index (Phi) is 7.38. The van der Waals surface area contributed by atoms with E-state index in [0.29, 0.717) is 32.7 Å². The largest absolute Gasteiger partial charge is 0.493 e. The molecule has 0 spiro atoms. The second-order valence-corrected chi connectivity index (χ2v) is 12.7. The van der Waals surface area contributed by atoms with E-state index in [4.69, 9.17) is 9.47 Å². The van der Waals surface area contributed by atoms with E-state index in [1.54, 1.807) is 18.2 Å². The van der Waals surface area contributed by atoms with Crippen molar-refractivity contribution in [2.75, 3.05) is 23.9 Å². The van der Waals surface area contributed by atoms with Gasteiger partial charge in [0.25, 0.3) is 5.91 Å². The van der Waals surface area contributed by atoms with Crippen LogP contribution in [0.15, 0.2) is 94.7 Å². The minimum atomic E-state index is -0.825. The first kappa shape index (κ1) is 28.8. The maximum Gasteiger partial charge on any atom is 0.305 e. The molecule has 12 heteroatoms. The lowest BCUT2D eigenvalue weighted by Gasteiger charge is -2.30. The van der Waals surface area contributed by atoms with Gasteiger partial charge in [0.2, 0.25) is 11.8 Å². The van der Waals surface area contributed by atoms with E-state index in [2.05, 4.69) is 10.3 Å². The molecule has 0 saturated carbocycles. The van der Waals surface area contributed by atoms with Gasteiger partial charge in [-0.25, -0.2) is 9.29 Å². The number of H-pyrrole nitrogens is 1.